The summed E-state index contributed by atoms with van der Waals surface area (Å²) in [7, 11) is 0. The van der Waals surface area contributed by atoms with Gasteiger partial charge in [0, 0.05) is 13.1 Å². The molecule has 116 valence electrons. The highest BCUT2D eigenvalue weighted by Gasteiger charge is 2.38. The maximum atomic E-state index is 12.3. The standard InChI is InChI=1S/C15H28N2O3/c1-5-11(4)12(13(18)19)16-14(20)17-9-8-15(6-2,7-3)10-17/h11-12H,5-10H2,1-4H3,(H,16,20)(H,18,19)/t11-,12-/m0/s1. The van der Waals surface area contributed by atoms with E-state index in [0.29, 0.717) is 0 Å². The summed E-state index contributed by atoms with van der Waals surface area (Å²) in [6, 6.07) is -1.03. The van der Waals surface area contributed by atoms with Crippen molar-refractivity contribution < 1.29 is 14.7 Å². The lowest BCUT2D eigenvalue weighted by Crippen LogP contribution is -2.50. The predicted octanol–water partition coefficient (Wildman–Crippen LogP) is 2.71. The van der Waals surface area contributed by atoms with E-state index in [9.17, 15) is 14.7 Å². The van der Waals surface area contributed by atoms with E-state index >= 15 is 0 Å². The van der Waals surface area contributed by atoms with Crippen LogP contribution < -0.4 is 5.32 Å². The molecule has 2 amide bonds. The predicted molar refractivity (Wildman–Crippen MR) is 78.6 cm³/mol. The number of carbonyl (C=O) groups is 2. The van der Waals surface area contributed by atoms with Gasteiger partial charge < -0.3 is 15.3 Å². The zero-order chi connectivity index (χ0) is 15.3. The second kappa shape index (κ2) is 6.95. The van der Waals surface area contributed by atoms with Crippen molar-refractivity contribution in [2.75, 3.05) is 13.1 Å². The van der Waals surface area contributed by atoms with Crippen molar-refractivity contribution in [3.8, 4) is 0 Å². The molecule has 0 aromatic heterocycles. The third kappa shape index (κ3) is 3.64. The summed E-state index contributed by atoms with van der Waals surface area (Å²) >= 11 is 0. The molecule has 1 heterocycles. The molecule has 2 atom stereocenters. The van der Waals surface area contributed by atoms with Crippen LogP contribution in [0, 0.1) is 11.3 Å². The van der Waals surface area contributed by atoms with Crippen LogP contribution in [0.1, 0.15) is 53.4 Å². The number of rotatable bonds is 6. The lowest BCUT2D eigenvalue weighted by molar-refractivity contribution is -0.140. The summed E-state index contributed by atoms with van der Waals surface area (Å²) in [5, 5.41) is 11.9. The van der Waals surface area contributed by atoms with Gasteiger partial charge in [0.15, 0.2) is 0 Å². The van der Waals surface area contributed by atoms with Gasteiger partial charge in [0.1, 0.15) is 6.04 Å². The van der Waals surface area contributed by atoms with Crippen molar-refractivity contribution in [2.24, 2.45) is 11.3 Å². The van der Waals surface area contributed by atoms with Gasteiger partial charge in [-0.2, -0.15) is 0 Å². The first-order chi connectivity index (χ1) is 9.39. The monoisotopic (exact) mass is 284 g/mol. The molecule has 1 aliphatic heterocycles. The molecule has 5 nitrogen and oxygen atoms in total. The van der Waals surface area contributed by atoms with E-state index in [1.54, 1.807) is 4.90 Å². The number of carbonyl (C=O) groups excluding carboxylic acids is 1. The molecule has 0 bridgehead atoms. The molecule has 1 aliphatic rings. The summed E-state index contributed by atoms with van der Waals surface area (Å²) in [5.41, 5.74) is 0.215. The highest BCUT2D eigenvalue weighted by molar-refractivity contribution is 5.83. The van der Waals surface area contributed by atoms with Gasteiger partial charge >= 0.3 is 12.0 Å². The van der Waals surface area contributed by atoms with Crippen LogP contribution in [0.25, 0.3) is 0 Å². The number of carboxylic acids is 1. The number of urea groups is 1. The zero-order valence-corrected chi connectivity index (χ0v) is 13.1. The zero-order valence-electron chi connectivity index (χ0n) is 13.1. The normalized spacial score (nSPS) is 20.5. The molecular weight excluding hydrogens is 256 g/mol. The van der Waals surface area contributed by atoms with E-state index in [-0.39, 0.29) is 17.4 Å². The lowest BCUT2D eigenvalue weighted by atomic mass is 9.82. The smallest absolute Gasteiger partial charge is 0.326 e. The second-order valence-corrected chi connectivity index (χ2v) is 6.03. The van der Waals surface area contributed by atoms with Crippen molar-refractivity contribution in [1.29, 1.82) is 0 Å². The Hall–Kier alpha value is -1.26. The number of likely N-dealkylation sites (tertiary alicyclic amines) is 1. The average Bonchev–Trinajstić information content (AvgIpc) is 2.88. The first-order valence-electron chi connectivity index (χ1n) is 7.67. The Labute approximate surface area is 121 Å². The van der Waals surface area contributed by atoms with Crippen LogP contribution in [0.5, 0.6) is 0 Å². The van der Waals surface area contributed by atoms with E-state index < -0.39 is 12.0 Å². The lowest BCUT2D eigenvalue weighted by Gasteiger charge is -2.28. The van der Waals surface area contributed by atoms with E-state index in [1.807, 2.05) is 13.8 Å². The summed E-state index contributed by atoms with van der Waals surface area (Å²) in [6.45, 7) is 9.56. The molecule has 1 saturated heterocycles. The molecule has 0 spiro atoms. The fourth-order valence-electron chi connectivity index (χ4n) is 2.84. The van der Waals surface area contributed by atoms with Crippen LogP contribution in [0.3, 0.4) is 0 Å². The molecule has 0 saturated carbocycles. The highest BCUT2D eigenvalue weighted by atomic mass is 16.4. The van der Waals surface area contributed by atoms with E-state index in [1.165, 1.54) is 0 Å². The summed E-state index contributed by atoms with van der Waals surface area (Å²) in [4.78, 5) is 25.3. The molecule has 5 heteroatoms. The number of aliphatic carboxylic acids is 1. The fraction of sp³-hybridized carbons (Fsp3) is 0.867. The molecule has 0 radical (unpaired) electrons. The van der Waals surface area contributed by atoms with Gasteiger partial charge in [0.2, 0.25) is 0 Å². The van der Waals surface area contributed by atoms with Crippen LogP contribution >= 0.6 is 0 Å². The minimum absolute atomic E-state index is 0.0684. The van der Waals surface area contributed by atoms with Gasteiger partial charge in [-0.15, -0.1) is 0 Å². The van der Waals surface area contributed by atoms with Gasteiger partial charge in [-0.1, -0.05) is 34.1 Å². The minimum atomic E-state index is -0.954. The molecule has 0 aromatic rings. The second-order valence-electron chi connectivity index (χ2n) is 6.03. The van der Waals surface area contributed by atoms with E-state index in [4.69, 9.17) is 0 Å². The fourth-order valence-corrected chi connectivity index (χ4v) is 2.84. The SMILES string of the molecule is CC[C@H](C)[C@H](NC(=O)N1CCC(CC)(CC)C1)C(=O)O. The Morgan fingerprint density at radius 1 is 1.30 bits per heavy atom. The molecule has 0 aliphatic carbocycles. The topological polar surface area (TPSA) is 69.6 Å². The Kier molecular flexibility index (Phi) is 5.84. The highest BCUT2D eigenvalue weighted by Crippen LogP contribution is 2.36. The van der Waals surface area contributed by atoms with Crippen molar-refractivity contribution in [3.05, 3.63) is 0 Å². The first kappa shape index (κ1) is 16.8. The van der Waals surface area contributed by atoms with E-state index in [2.05, 4.69) is 19.2 Å². The van der Waals surface area contributed by atoms with Gasteiger partial charge in [0.25, 0.3) is 0 Å². The van der Waals surface area contributed by atoms with Crippen LogP contribution in [0.4, 0.5) is 4.79 Å². The number of nitrogens with zero attached hydrogens (tertiary/aromatic N) is 1. The van der Waals surface area contributed by atoms with Gasteiger partial charge in [-0.3, -0.25) is 0 Å². The van der Waals surface area contributed by atoms with Crippen molar-refractivity contribution in [1.82, 2.24) is 10.2 Å². The Balaban J connectivity index is 2.65. The van der Waals surface area contributed by atoms with Crippen molar-refractivity contribution >= 4 is 12.0 Å². The molecular formula is C15H28N2O3. The maximum absolute atomic E-state index is 12.3. The van der Waals surface area contributed by atoms with Crippen molar-refractivity contribution in [2.45, 2.75) is 59.4 Å². The van der Waals surface area contributed by atoms with Crippen LogP contribution in [-0.2, 0) is 4.79 Å². The molecule has 20 heavy (non-hydrogen) atoms. The molecule has 1 fully saturated rings. The van der Waals surface area contributed by atoms with Crippen LogP contribution in [0.15, 0.2) is 0 Å². The molecule has 0 aromatic carbocycles. The summed E-state index contributed by atoms with van der Waals surface area (Å²) < 4.78 is 0. The number of carboxylic acid groups (broad SMARTS) is 1. The average molecular weight is 284 g/mol. The molecule has 1 rings (SSSR count). The van der Waals surface area contributed by atoms with Crippen LogP contribution in [0.2, 0.25) is 0 Å². The summed E-state index contributed by atoms with van der Waals surface area (Å²) in [6.07, 6.45) is 3.85. The van der Waals surface area contributed by atoms with Crippen molar-refractivity contribution in [3.63, 3.8) is 0 Å². The Morgan fingerprint density at radius 3 is 2.30 bits per heavy atom. The third-order valence-electron chi connectivity index (χ3n) is 4.98. The van der Waals surface area contributed by atoms with Gasteiger partial charge in [-0.05, 0) is 30.6 Å². The third-order valence-corrected chi connectivity index (χ3v) is 4.98. The maximum Gasteiger partial charge on any atom is 0.326 e. The number of hydrogen-bond donors (Lipinski definition) is 2. The number of amides is 2. The molecule has 2 N–H and O–H groups in total. The largest absolute Gasteiger partial charge is 0.480 e. The Bertz CT molecular complexity index is 353. The van der Waals surface area contributed by atoms with E-state index in [0.717, 1.165) is 38.8 Å². The number of nitrogens with one attached hydrogen (secondary N) is 1. The van der Waals surface area contributed by atoms with Gasteiger partial charge in [-0.25, -0.2) is 9.59 Å². The number of hydrogen-bond acceptors (Lipinski definition) is 2. The molecule has 0 unspecified atom stereocenters. The quantitative estimate of drug-likeness (QED) is 0.788. The van der Waals surface area contributed by atoms with Crippen LogP contribution in [-0.4, -0.2) is 41.1 Å². The first-order valence-corrected chi connectivity index (χ1v) is 7.67. The summed E-state index contributed by atoms with van der Waals surface area (Å²) in [5.74, 6) is -1.02. The Morgan fingerprint density at radius 2 is 1.90 bits per heavy atom. The van der Waals surface area contributed by atoms with Gasteiger partial charge in [0.05, 0.1) is 0 Å². The minimum Gasteiger partial charge on any atom is -0.480 e.